The summed E-state index contributed by atoms with van der Waals surface area (Å²) in [5.74, 6) is 1.80. The number of aryl methyl sites for hydroxylation is 2. The number of aliphatic hydroxyl groups excluding tert-OH is 2. The van der Waals surface area contributed by atoms with E-state index in [1.54, 1.807) is 24.3 Å². The monoisotopic (exact) mass is 485 g/mol. The van der Waals surface area contributed by atoms with Crippen LogP contribution in [0.5, 0.6) is 17.2 Å². The minimum absolute atomic E-state index is 0.189. The Bertz CT molecular complexity index is 918. The van der Waals surface area contributed by atoms with Crippen LogP contribution in [-0.2, 0) is 15.9 Å². The molecule has 192 valence electrons. The first kappa shape index (κ1) is 25.9. The van der Waals surface area contributed by atoms with Gasteiger partial charge in [-0.1, -0.05) is 12.1 Å². The number of ether oxygens (including phenoxy) is 3. The molecule has 4 rings (SSSR count). The normalized spacial score (nSPS) is 27.0. The van der Waals surface area contributed by atoms with E-state index in [-0.39, 0.29) is 11.9 Å². The van der Waals surface area contributed by atoms with Crippen molar-refractivity contribution in [1.82, 2.24) is 5.32 Å². The van der Waals surface area contributed by atoms with Gasteiger partial charge in [-0.15, -0.1) is 0 Å². The maximum Gasteiger partial charge on any atom is 0.133 e. The lowest BCUT2D eigenvalue weighted by molar-refractivity contribution is -0.163. The predicted octanol–water partition coefficient (Wildman–Crippen LogP) is 3.77. The summed E-state index contributed by atoms with van der Waals surface area (Å²) in [4.78, 5) is 0. The summed E-state index contributed by atoms with van der Waals surface area (Å²) in [5, 5.41) is 33.0. The highest BCUT2D eigenvalue weighted by Gasteiger charge is 2.32. The molecule has 35 heavy (non-hydrogen) atoms. The number of aliphatic hydroxyl groups is 2. The van der Waals surface area contributed by atoms with Crippen LogP contribution >= 0.6 is 0 Å². The van der Waals surface area contributed by atoms with E-state index in [9.17, 15) is 15.3 Å². The standard InChI is InChI=1S/C28H39NO6/c1-18-15-20(16-19(2)28(18)35-24-9-5-22(30)6-10-24)11-13-29-21-3-7-23(8-4-21)34-17-26-27(32)25(31)12-14-33-26/h5-6,9-10,15-16,21,23,25-27,29-32H,3-4,7-8,11-14,17H2,1-2H3. The van der Waals surface area contributed by atoms with Gasteiger partial charge in [0.1, 0.15) is 29.5 Å². The summed E-state index contributed by atoms with van der Waals surface area (Å²) in [6.07, 6.45) is 3.73. The fraction of sp³-hybridized carbons (Fsp3) is 0.571. The highest BCUT2D eigenvalue weighted by molar-refractivity contribution is 5.46. The molecule has 0 spiro atoms. The van der Waals surface area contributed by atoms with Crippen LogP contribution in [0.2, 0.25) is 0 Å². The lowest BCUT2D eigenvalue weighted by atomic mass is 9.92. The molecule has 0 bridgehead atoms. The molecule has 2 fully saturated rings. The number of hydrogen-bond donors (Lipinski definition) is 4. The molecule has 7 nitrogen and oxygen atoms in total. The van der Waals surface area contributed by atoms with Gasteiger partial charge in [0, 0.05) is 12.6 Å². The molecule has 2 aromatic rings. The molecule has 3 unspecified atom stereocenters. The van der Waals surface area contributed by atoms with Crippen LogP contribution < -0.4 is 10.1 Å². The van der Waals surface area contributed by atoms with E-state index in [2.05, 4.69) is 31.3 Å². The van der Waals surface area contributed by atoms with Crippen LogP contribution in [0.25, 0.3) is 0 Å². The van der Waals surface area contributed by atoms with Crippen molar-refractivity contribution in [3.63, 3.8) is 0 Å². The summed E-state index contributed by atoms with van der Waals surface area (Å²) >= 11 is 0. The van der Waals surface area contributed by atoms with Gasteiger partial charge in [-0.3, -0.25) is 0 Å². The summed E-state index contributed by atoms with van der Waals surface area (Å²) in [5.41, 5.74) is 3.49. The highest BCUT2D eigenvalue weighted by Crippen LogP contribution is 2.31. The summed E-state index contributed by atoms with van der Waals surface area (Å²) in [6, 6.07) is 11.7. The van der Waals surface area contributed by atoms with Crippen molar-refractivity contribution in [2.24, 2.45) is 0 Å². The second kappa shape index (κ2) is 12.2. The molecule has 4 N–H and O–H groups in total. The number of rotatable bonds is 9. The predicted molar refractivity (Wildman–Crippen MR) is 134 cm³/mol. The fourth-order valence-corrected chi connectivity index (χ4v) is 5.07. The van der Waals surface area contributed by atoms with E-state index in [0.29, 0.717) is 31.4 Å². The van der Waals surface area contributed by atoms with Gasteiger partial charge >= 0.3 is 0 Å². The third kappa shape index (κ3) is 7.18. The van der Waals surface area contributed by atoms with Crippen molar-refractivity contribution in [3.8, 4) is 17.2 Å². The van der Waals surface area contributed by atoms with Crippen molar-refractivity contribution >= 4 is 0 Å². The van der Waals surface area contributed by atoms with Crippen LogP contribution in [0.1, 0.15) is 48.8 Å². The Morgan fingerprint density at radius 1 is 0.971 bits per heavy atom. The lowest BCUT2D eigenvalue weighted by Gasteiger charge is -2.34. The Morgan fingerprint density at radius 3 is 2.34 bits per heavy atom. The molecule has 1 saturated heterocycles. The van der Waals surface area contributed by atoms with E-state index in [0.717, 1.165) is 55.5 Å². The van der Waals surface area contributed by atoms with Gasteiger partial charge in [-0.2, -0.15) is 0 Å². The number of phenols is 1. The molecule has 1 heterocycles. The molecular weight excluding hydrogens is 446 g/mol. The largest absolute Gasteiger partial charge is 0.508 e. The van der Waals surface area contributed by atoms with E-state index in [4.69, 9.17) is 14.2 Å². The number of phenolic OH excluding ortho intramolecular Hbond substituents is 1. The first-order chi connectivity index (χ1) is 16.9. The topological polar surface area (TPSA) is 100 Å². The minimum Gasteiger partial charge on any atom is -0.508 e. The third-order valence-corrected chi connectivity index (χ3v) is 7.11. The minimum atomic E-state index is -0.859. The molecule has 2 aliphatic rings. The Labute approximate surface area is 208 Å². The quantitative estimate of drug-likeness (QED) is 0.429. The Hall–Kier alpha value is -2.16. The van der Waals surface area contributed by atoms with Gasteiger partial charge in [0.15, 0.2) is 0 Å². The second-order valence-corrected chi connectivity index (χ2v) is 9.92. The molecule has 2 aromatic carbocycles. The van der Waals surface area contributed by atoms with E-state index >= 15 is 0 Å². The fourth-order valence-electron chi connectivity index (χ4n) is 5.07. The van der Waals surface area contributed by atoms with Crippen molar-refractivity contribution in [2.45, 2.75) is 82.8 Å². The summed E-state index contributed by atoms with van der Waals surface area (Å²) in [7, 11) is 0. The van der Waals surface area contributed by atoms with E-state index in [1.807, 2.05) is 0 Å². The van der Waals surface area contributed by atoms with E-state index < -0.39 is 18.3 Å². The van der Waals surface area contributed by atoms with Gasteiger partial charge in [0.25, 0.3) is 0 Å². The van der Waals surface area contributed by atoms with Crippen LogP contribution in [0.3, 0.4) is 0 Å². The van der Waals surface area contributed by atoms with Crippen molar-refractivity contribution in [1.29, 1.82) is 0 Å². The number of aromatic hydroxyl groups is 1. The summed E-state index contributed by atoms with van der Waals surface area (Å²) < 4.78 is 17.6. The van der Waals surface area contributed by atoms with Crippen LogP contribution in [0.4, 0.5) is 0 Å². The number of benzene rings is 2. The van der Waals surface area contributed by atoms with Gasteiger partial charge in [-0.25, -0.2) is 0 Å². The third-order valence-electron chi connectivity index (χ3n) is 7.11. The van der Waals surface area contributed by atoms with Crippen molar-refractivity contribution < 1.29 is 29.5 Å². The van der Waals surface area contributed by atoms with Gasteiger partial charge in [-0.05, 0) is 99.9 Å². The average molecular weight is 486 g/mol. The molecule has 0 amide bonds. The first-order valence-electron chi connectivity index (χ1n) is 12.8. The Balaban J connectivity index is 1.17. The molecule has 7 heteroatoms. The first-order valence-corrected chi connectivity index (χ1v) is 12.8. The van der Waals surface area contributed by atoms with Crippen LogP contribution in [0, 0.1) is 13.8 Å². The highest BCUT2D eigenvalue weighted by atomic mass is 16.5. The average Bonchev–Trinajstić information content (AvgIpc) is 2.84. The molecule has 3 atom stereocenters. The van der Waals surface area contributed by atoms with Crippen molar-refractivity contribution in [3.05, 3.63) is 53.1 Å². The zero-order chi connectivity index (χ0) is 24.8. The van der Waals surface area contributed by atoms with Crippen LogP contribution in [0.15, 0.2) is 36.4 Å². The Morgan fingerprint density at radius 2 is 1.66 bits per heavy atom. The van der Waals surface area contributed by atoms with Gasteiger partial charge < -0.3 is 34.8 Å². The zero-order valence-corrected chi connectivity index (χ0v) is 20.8. The molecular formula is C28H39NO6. The summed E-state index contributed by atoms with van der Waals surface area (Å²) in [6.45, 7) is 5.87. The van der Waals surface area contributed by atoms with Gasteiger partial charge in [0.2, 0.25) is 0 Å². The van der Waals surface area contributed by atoms with E-state index in [1.165, 1.54) is 5.56 Å². The zero-order valence-electron chi connectivity index (χ0n) is 20.8. The SMILES string of the molecule is Cc1cc(CCNC2CCC(OCC3OCCC(O)C3O)CC2)cc(C)c1Oc1ccc(O)cc1. The molecule has 1 aliphatic heterocycles. The smallest absolute Gasteiger partial charge is 0.133 e. The lowest BCUT2D eigenvalue weighted by Crippen LogP contribution is -2.47. The molecule has 1 saturated carbocycles. The van der Waals surface area contributed by atoms with Crippen molar-refractivity contribution in [2.75, 3.05) is 19.8 Å². The number of nitrogens with one attached hydrogen (secondary N) is 1. The maximum absolute atomic E-state index is 10.0. The molecule has 0 aromatic heterocycles. The molecule has 0 radical (unpaired) electrons. The second-order valence-electron chi connectivity index (χ2n) is 9.92. The number of hydrogen-bond acceptors (Lipinski definition) is 7. The van der Waals surface area contributed by atoms with Crippen LogP contribution in [-0.4, -0.2) is 65.5 Å². The molecule has 1 aliphatic carbocycles. The van der Waals surface area contributed by atoms with Gasteiger partial charge in [0.05, 0.1) is 18.8 Å². The Kier molecular flexibility index (Phi) is 9.03. The maximum atomic E-state index is 10.0.